The van der Waals surface area contributed by atoms with E-state index in [9.17, 15) is 8.42 Å². The lowest BCUT2D eigenvalue weighted by molar-refractivity contribution is 0.602. The quantitative estimate of drug-likeness (QED) is 0.363. The molecule has 0 aliphatic rings. The third kappa shape index (κ3) is 4.41. The Morgan fingerprint density at radius 3 is 2.59 bits per heavy atom. The summed E-state index contributed by atoms with van der Waals surface area (Å²) < 4.78 is 29.1. The van der Waals surface area contributed by atoms with Crippen molar-refractivity contribution in [3.63, 3.8) is 0 Å². The summed E-state index contributed by atoms with van der Waals surface area (Å²) in [6, 6.07) is 17.6. The van der Waals surface area contributed by atoms with Crippen LogP contribution in [0.15, 0.2) is 96.5 Å². The van der Waals surface area contributed by atoms with Crippen molar-refractivity contribution in [2.75, 3.05) is 10.0 Å². The predicted molar refractivity (Wildman–Crippen MR) is 132 cm³/mol. The smallest absolute Gasteiger partial charge is 0.262 e. The molecule has 0 saturated heterocycles. The summed E-state index contributed by atoms with van der Waals surface area (Å²) in [6.45, 7) is 1.92. The number of hydrogen-bond donors (Lipinski definition) is 2. The van der Waals surface area contributed by atoms with Gasteiger partial charge in [0.1, 0.15) is 0 Å². The number of aromatic nitrogens is 4. The molecular weight excluding hydrogens is 448 g/mol. The highest BCUT2D eigenvalue weighted by atomic mass is 32.2. The van der Waals surface area contributed by atoms with Crippen LogP contribution in [0.3, 0.4) is 0 Å². The Labute approximate surface area is 196 Å². The van der Waals surface area contributed by atoms with Crippen LogP contribution in [0.2, 0.25) is 0 Å². The molecule has 0 bridgehead atoms. The Morgan fingerprint density at radius 1 is 0.853 bits per heavy atom. The van der Waals surface area contributed by atoms with Gasteiger partial charge in [-0.2, -0.15) is 0 Å². The molecule has 0 aliphatic heterocycles. The highest BCUT2D eigenvalue weighted by molar-refractivity contribution is 7.93. The van der Waals surface area contributed by atoms with Crippen molar-refractivity contribution in [1.29, 1.82) is 0 Å². The van der Waals surface area contributed by atoms with Crippen molar-refractivity contribution in [3.8, 4) is 11.3 Å². The Hall–Kier alpha value is -4.37. The molecule has 5 aromatic rings. The van der Waals surface area contributed by atoms with E-state index < -0.39 is 10.0 Å². The van der Waals surface area contributed by atoms with Crippen LogP contribution in [0.25, 0.3) is 22.0 Å². The topological polar surface area (TPSA) is 110 Å². The average Bonchev–Trinajstić information content (AvgIpc) is 2.86. The number of benzene rings is 2. The first kappa shape index (κ1) is 21.5. The van der Waals surface area contributed by atoms with Gasteiger partial charge >= 0.3 is 0 Å². The minimum atomic E-state index is -3.83. The normalized spacial score (nSPS) is 11.3. The second kappa shape index (κ2) is 8.87. The number of rotatable bonds is 6. The van der Waals surface area contributed by atoms with Crippen LogP contribution in [0, 0.1) is 6.92 Å². The third-order valence-corrected chi connectivity index (χ3v) is 6.72. The molecule has 0 atom stereocenters. The monoisotopic (exact) mass is 468 g/mol. The lowest BCUT2D eigenvalue weighted by Gasteiger charge is -2.14. The molecule has 0 saturated carbocycles. The first-order valence-electron chi connectivity index (χ1n) is 10.5. The lowest BCUT2D eigenvalue weighted by atomic mass is 10.2. The first-order chi connectivity index (χ1) is 16.5. The minimum Gasteiger partial charge on any atom is -0.324 e. The van der Waals surface area contributed by atoms with Gasteiger partial charge in [-0.15, -0.1) is 0 Å². The Balaban J connectivity index is 1.43. The molecule has 0 amide bonds. The number of nitrogens with one attached hydrogen (secondary N) is 2. The third-order valence-electron chi connectivity index (χ3n) is 5.28. The van der Waals surface area contributed by atoms with Crippen LogP contribution in [-0.2, 0) is 10.0 Å². The van der Waals surface area contributed by atoms with Gasteiger partial charge in [-0.25, -0.2) is 18.4 Å². The van der Waals surface area contributed by atoms with Crippen molar-refractivity contribution in [2.45, 2.75) is 11.8 Å². The van der Waals surface area contributed by atoms with Crippen LogP contribution >= 0.6 is 0 Å². The summed E-state index contributed by atoms with van der Waals surface area (Å²) in [6.07, 6.45) is 8.32. The second-order valence-electron chi connectivity index (χ2n) is 7.62. The van der Waals surface area contributed by atoms with E-state index in [-0.39, 0.29) is 4.90 Å². The second-order valence-corrected chi connectivity index (χ2v) is 9.27. The van der Waals surface area contributed by atoms with E-state index in [1.165, 1.54) is 0 Å². The van der Waals surface area contributed by atoms with Crippen LogP contribution in [0.4, 0.5) is 17.3 Å². The zero-order valence-electron chi connectivity index (χ0n) is 18.2. The largest absolute Gasteiger partial charge is 0.324 e. The highest BCUT2D eigenvalue weighted by Gasteiger charge is 2.18. The van der Waals surface area contributed by atoms with Crippen molar-refractivity contribution in [2.24, 2.45) is 0 Å². The lowest BCUT2D eigenvalue weighted by Crippen LogP contribution is -2.13. The van der Waals surface area contributed by atoms with Gasteiger partial charge in [-0.05, 0) is 55.0 Å². The number of fused-ring (bicyclic) bond motifs is 1. The number of anilines is 3. The molecule has 3 heterocycles. The summed E-state index contributed by atoms with van der Waals surface area (Å²) >= 11 is 0. The minimum absolute atomic E-state index is 0.190. The Bertz CT molecular complexity index is 1590. The van der Waals surface area contributed by atoms with Gasteiger partial charge in [0, 0.05) is 53.0 Å². The van der Waals surface area contributed by atoms with Crippen LogP contribution < -0.4 is 10.0 Å². The molecule has 0 fully saturated rings. The molecule has 5 rings (SSSR count). The van der Waals surface area contributed by atoms with Crippen LogP contribution in [0.1, 0.15) is 5.56 Å². The van der Waals surface area contributed by atoms with E-state index in [1.807, 2.05) is 31.2 Å². The fraction of sp³-hybridized carbons (Fsp3) is 0.0400. The number of aryl methyl sites for hydroxylation is 1. The molecule has 8 nitrogen and oxygen atoms in total. The van der Waals surface area contributed by atoms with E-state index in [1.54, 1.807) is 67.4 Å². The molecule has 9 heteroatoms. The van der Waals surface area contributed by atoms with E-state index in [2.05, 4.69) is 30.0 Å². The standard InChI is InChI=1S/C25H20N6O2S/c1-17-7-8-20(31-34(32,33)24-6-2-4-18-15-27-12-9-21(18)24)14-23(17)30-25-28-13-10-22(29-25)19-5-3-11-26-16-19/h2-16,31H,1H3,(H,28,29,30). The van der Waals surface area contributed by atoms with Crippen LogP contribution in [0.5, 0.6) is 0 Å². The Morgan fingerprint density at radius 2 is 1.74 bits per heavy atom. The first-order valence-corrected chi connectivity index (χ1v) is 11.9. The molecule has 168 valence electrons. The molecule has 3 aromatic heterocycles. The summed E-state index contributed by atoms with van der Waals surface area (Å²) in [4.78, 5) is 17.2. The Kier molecular flexibility index (Phi) is 5.60. The summed E-state index contributed by atoms with van der Waals surface area (Å²) in [5, 5.41) is 4.55. The van der Waals surface area contributed by atoms with E-state index in [0.717, 1.165) is 22.2 Å². The molecule has 34 heavy (non-hydrogen) atoms. The number of pyridine rings is 2. The van der Waals surface area contributed by atoms with E-state index >= 15 is 0 Å². The molecule has 0 unspecified atom stereocenters. The molecule has 0 aliphatic carbocycles. The summed E-state index contributed by atoms with van der Waals surface area (Å²) in [5.41, 5.74) is 3.62. The number of nitrogens with zero attached hydrogens (tertiary/aromatic N) is 4. The zero-order valence-corrected chi connectivity index (χ0v) is 19.0. The number of sulfonamides is 1. The average molecular weight is 469 g/mol. The van der Waals surface area contributed by atoms with Gasteiger partial charge in [0.15, 0.2) is 0 Å². The van der Waals surface area contributed by atoms with Crippen molar-refractivity contribution in [3.05, 3.63) is 97.2 Å². The zero-order chi connectivity index (χ0) is 23.5. The van der Waals surface area contributed by atoms with E-state index in [4.69, 9.17) is 0 Å². The summed E-state index contributed by atoms with van der Waals surface area (Å²) in [5.74, 6) is 0.394. The molecule has 0 spiro atoms. The van der Waals surface area contributed by atoms with Crippen molar-refractivity contribution >= 4 is 38.1 Å². The number of hydrogen-bond acceptors (Lipinski definition) is 7. The highest BCUT2D eigenvalue weighted by Crippen LogP contribution is 2.28. The maximum atomic E-state index is 13.2. The predicted octanol–water partition coefficient (Wildman–Crippen LogP) is 4.94. The maximum Gasteiger partial charge on any atom is 0.262 e. The van der Waals surface area contributed by atoms with Gasteiger partial charge in [-0.1, -0.05) is 18.2 Å². The van der Waals surface area contributed by atoms with Crippen LogP contribution in [-0.4, -0.2) is 28.4 Å². The van der Waals surface area contributed by atoms with Gasteiger partial charge in [0.25, 0.3) is 10.0 Å². The van der Waals surface area contributed by atoms with E-state index in [0.29, 0.717) is 22.7 Å². The summed E-state index contributed by atoms with van der Waals surface area (Å²) in [7, 11) is -3.83. The molecule has 0 radical (unpaired) electrons. The van der Waals surface area contributed by atoms with Gasteiger partial charge in [-0.3, -0.25) is 14.7 Å². The van der Waals surface area contributed by atoms with Gasteiger partial charge in [0.2, 0.25) is 5.95 Å². The van der Waals surface area contributed by atoms with Gasteiger partial charge < -0.3 is 5.32 Å². The molecule has 2 N–H and O–H groups in total. The molecule has 2 aromatic carbocycles. The maximum absolute atomic E-state index is 13.2. The fourth-order valence-corrected chi connectivity index (χ4v) is 4.85. The van der Waals surface area contributed by atoms with Crippen molar-refractivity contribution < 1.29 is 8.42 Å². The van der Waals surface area contributed by atoms with Crippen molar-refractivity contribution in [1.82, 2.24) is 19.9 Å². The SMILES string of the molecule is Cc1ccc(NS(=O)(=O)c2cccc3cnccc23)cc1Nc1nccc(-c2cccnc2)n1. The van der Waals surface area contributed by atoms with Gasteiger partial charge in [0.05, 0.1) is 16.3 Å². The fourth-order valence-electron chi connectivity index (χ4n) is 3.57. The molecular formula is C25H20N6O2S.